The average molecular weight is 413 g/mol. The number of hydrazine groups is 1. The number of nitrogens with zero attached hydrogens (tertiary/aromatic N) is 2. The minimum absolute atomic E-state index is 0.00960. The van der Waals surface area contributed by atoms with Crippen molar-refractivity contribution in [1.82, 2.24) is 15.3 Å². The van der Waals surface area contributed by atoms with Crippen molar-refractivity contribution in [1.29, 1.82) is 0 Å². The van der Waals surface area contributed by atoms with E-state index >= 15 is 0 Å². The highest BCUT2D eigenvalue weighted by Crippen LogP contribution is 2.30. The highest BCUT2D eigenvalue weighted by Gasteiger charge is 2.37. The van der Waals surface area contributed by atoms with Gasteiger partial charge in [-0.25, -0.2) is 14.6 Å². The zero-order chi connectivity index (χ0) is 21.1. The van der Waals surface area contributed by atoms with Crippen LogP contribution in [0.4, 0.5) is 9.59 Å². The van der Waals surface area contributed by atoms with E-state index < -0.39 is 18.1 Å². The molecule has 0 radical (unpaired) electrons. The first-order chi connectivity index (χ1) is 13.3. The lowest BCUT2D eigenvalue weighted by Gasteiger charge is -2.27. The Morgan fingerprint density at radius 2 is 1.82 bits per heavy atom. The number of rotatable bonds is 8. The van der Waals surface area contributed by atoms with Crippen molar-refractivity contribution in [3.05, 3.63) is 25.3 Å². The molecule has 1 heterocycles. The number of hydrogen-bond donors (Lipinski definition) is 1. The molecule has 0 aromatic carbocycles. The molecule has 2 atom stereocenters. The van der Waals surface area contributed by atoms with Crippen LogP contribution >= 0.6 is 11.8 Å². The Hall–Kier alpha value is -2.49. The fourth-order valence-corrected chi connectivity index (χ4v) is 3.80. The molecular formula is C18H27N3O6S. The molecule has 0 aromatic rings. The normalized spacial score (nSPS) is 18.1. The van der Waals surface area contributed by atoms with Crippen molar-refractivity contribution < 1.29 is 28.7 Å². The van der Waals surface area contributed by atoms with E-state index in [1.807, 2.05) is 0 Å². The van der Waals surface area contributed by atoms with E-state index in [4.69, 9.17) is 9.47 Å². The summed E-state index contributed by atoms with van der Waals surface area (Å²) in [6, 6.07) is -0.252. The second-order valence-electron chi connectivity index (χ2n) is 6.11. The second kappa shape index (κ2) is 12.1. The van der Waals surface area contributed by atoms with Crippen molar-refractivity contribution >= 4 is 35.0 Å². The minimum atomic E-state index is -0.719. The Morgan fingerprint density at radius 3 is 2.39 bits per heavy atom. The highest BCUT2D eigenvalue weighted by atomic mass is 32.2. The van der Waals surface area contributed by atoms with E-state index in [1.54, 1.807) is 4.90 Å². The van der Waals surface area contributed by atoms with Crippen LogP contribution in [0, 0.1) is 0 Å². The average Bonchev–Trinajstić information content (AvgIpc) is 3.02. The predicted molar refractivity (Wildman–Crippen MR) is 105 cm³/mol. The van der Waals surface area contributed by atoms with Gasteiger partial charge in [0.25, 0.3) is 0 Å². The van der Waals surface area contributed by atoms with Gasteiger partial charge in [-0.05, 0) is 12.8 Å². The number of ether oxygens (including phenoxy) is 2. The van der Waals surface area contributed by atoms with Crippen molar-refractivity contribution in [3.8, 4) is 0 Å². The molecular weight excluding hydrogens is 386 g/mol. The number of carbonyl (C=O) groups excluding carboxylic acids is 4. The lowest BCUT2D eigenvalue weighted by molar-refractivity contribution is -0.123. The van der Waals surface area contributed by atoms with Gasteiger partial charge in [0, 0.05) is 38.2 Å². The summed E-state index contributed by atoms with van der Waals surface area (Å²) in [6.45, 7) is 10.3. The predicted octanol–water partition coefficient (Wildman–Crippen LogP) is 2.10. The molecule has 1 rings (SSSR count). The smallest absolute Gasteiger partial charge is 0.428 e. The highest BCUT2D eigenvalue weighted by molar-refractivity contribution is 8.14. The van der Waals surface area contributed by atoms with Gasteiger partial charge in [0.2, 0.25) is 5.91 Å². The first kappa shape index (κ1) is 23.5. The molecule has 0 unspecified atom stereocenters. The lowest BCUT2D eigenvalue weighted by atomic mass is 10.1. The monoisotopic (exact) mass is 413 g/mol. The van der Waals surface area contributed by atoms with Crippen LogP contribution in [0.2, 0.25) is 0 Å². The fourth-order valence-electron chi connectivity index (χ4n) is 2.77. The largest absolute Gasteiger partial charge is 0.445 e. The summed E-state index contributed by atoms with van der Waals surface area (Å²) in [5.41, 5.74) is 2.41. The Balaban J connectivity index is 2.79. The maximum atomic E-state index is 12.3. The van der Waals surface area contributed by atoms with Crippen LogP contribution in [-0.2, 0) is 19.1 Å². The molecule has 3 amide bonds. The standard InChI is InChI=1S/C18H27N3O6S/c1-5-9-26-17(24)20-12-16(28-14(4)23)11-15(20)7-8-21(19-13(3)22)18(25)27-10-6-2/h5-6,15-16H,1-2,7-12H2,3-4H3,(H,19,22)/t15-,16-/m0/s1. The van der Waals surface area contributed by atoms with Gasteiger partial charge in [0.15, 0.2) is 5.12 Å². The maximum absolute atomic E-state index is 12.3. The van der Waals surface area contributed by atoms with Crippen LogP contribution in [0.15, 0.2) is 25.3 Å². The van der Waals surface area contributed by atoms with E-state index in [0.29, 0.717) is 19.4 Å². The molecule has 156 valence electrons. The van der Waals surface area contributed by atoms with Gasteiger partial charge in [0.1, 0.15) is 13.2 Å². The van der Waals surface area contributed by atoms with E-state index in [9.17, 15) is 19.2 Å². The van der Waals surface area contributed by atoms with E-state index in [0.717, 1.165) is 5.01 Å². The van der Waals surface area contributed by atoms with Crippen LogP contribution in [0.5, 0.6) is 0 Å². The summed E-state index contributed by atoms with van der Waals surface area (Å²) in [7, 11) is 0. The van der Waals surface area contributed by atoms with Gasteiger partial charge in [-0.1, -0.05) is 37.1 Å². The maximum Gasteiger partial charge on any atom is 0.428 e. The molecule has 9 nitrogen and oxygen atoms in total. The first-order valence-electron chi connectivity index (χ1n) is 8.82. The van der Waals surface area contributed by atoms with Crippen molar-refractivity contribution in [2.45, 2.75) is 38.0 Å². The minimum Gasteiger partial charge on any atom is -0.445 e. The van der Waals surface area contributed by atoms with Gasteiger partial charge in [-0.2, -0.15) is 0 Å². The van der Waals surface area contributed by atoms with Gasteiger partial charge in [0.05, 0.1) is 0 Å². The Labute approximate surface area is 169 Å². The molecule has 0 aliphatic carbocycles. The fraction of sp³-hybridized carbons (Fsp3) is 0.556. The zero-order valence-corrected chi connectivity index (χ0v) is 17.0. The number of thioether (sulfide) groups is 1. The molecule has 0 spiro atoms. The molecule has 0 saturated carbocycles. The van der Waals surface area contributed by atoms with Crippen LogP contribution in [0.1, 0.15) is 26.7 Å². The molecule has 1 N–H and O–H groups in total. The number of carbonyl (C=O) groups is 4. The quantitative estimate of drug-likeness (QED) is 0.480. The van der Waals surface area contributed by atoms with Crippen LogP contribution in [0.3, 0.4) is 0 Å². The van der Waals surface area contributed by atoms with Crippen molar-refractivity contribution in [2.75, 3.05) is 26.3 Å². The van der Waals surface area contributed by atoms with Gasteiger partial charge in [-0.3, -0.25) is 15.0 Å². The molecule has 10 heteroatoms. The van der Waals surface area contributed by atoms with E-state index in [1.165, 1.54) is 37.8 Å². The zero-order valence-electron chi connectivity index (χ0n) is 16.2. The summed E-state index contributed by atoms with van der Waals surface area (Å²) >= 11 is 1.18. The number of nitrogens with one attached hydrogen (secondary N) is 1. The summed E-state index contributed by atoms with van der Waals surface area (Å²) < 4.78 is 10.1. The molecule has 1 saturated heterocycles. The van der Waals surface area contributed by atoms with Crippen molar-refractivity contribution in [3.63, 3.8) is 0 Å². The van der Waals surface area contributed by atoms with E-state index in [-0.39, 0.29) is 36.2 Å². The van der Waals surface area contributed by atoms with Gasteiger partial charge < -0.3 is 14.4 Å². The van der Waals surface area contributed by atoms with Crippen LogP contribution in [0.25, 0.3) is 0 Å². The number of hydrogen-bond acceptors (Lipinski definition) is 7. The Kier molecular flexibility index (Phi) is 10.1. The molecule has 1 aliphatic rings. The SMILES string of the molecule is C=CCOC(=O)N(CC[C@H]1C[C@H](SC(C)=O)CN1C(=O)OCC=C)NC(C)=O. The number of likely N-dealkylation sites (tertiary alicyclic amines) is 1. The van der Waals surface area contributed by atoms with Gasteiger partial charge in [-0.15, -0.1) is 0 Å². The number of amides is 3. The molecule has 0 bridgehead atoms. The Morgan fingerprint density at radius 1 is 1.18 bits per heavy atom. The third kappa shape index (κ3) is 8.03. The Bertz CT molecular complexity index is 612. The van der Waals surface area contributed by atoms with Gasteiger partial charge >= 0.3 is 12.2 Å². The molecule has 28 heavy (non-hydrogen) atoms. The van der Waals surface area contributed by atoms with Crippen LogP contribution in [-0.4, -0.2) is 70.7 Å². The van der Waals surface area contributed by atoms with E-state index in [2.05, 4.69) is 18.6 Å². The summed E-state index contributed by atoms with van der Waals surface area (Å²) in [4.78, 5) is 48.8. The second-order valence-corrected chi connectivity index (χ2v) is 7.59. The molecule has 0 aromatic heterocycles. The third-order valence-corrected chi connectivity index (χ3v) is 4.80. The summed E-state index contributed by atoms with van der Waals surface area (Å²) in [5, 5.41) is 0.975. The first-order valence-corrected chi connectivity index (χ1v) is 9.70. The molecule has 1 aliphatic heterocycles. The summed E-state index contributed by atoms with van der Waals surface area (Å²) in [6.07, 6.45) is 2.62. The summed E-state index contributed by atoms with van der Waals surface area (Å²) in [5.74, 6) is -0.422. The molecule has 1 fully saturated rings. The topological polar surface area (TPSA) is 105 Å². The van der Waals surface area contributed by atoms with Crippen molar-refractivity contribution in [2.24, 2.45) is 0 Å². The third-order valence-electron chi connectivity index (χ3n) is 3.79. The lowest BCUT2D eigenvalue weighted by Crippen LogP contribution is -2.48. The van der Waals surface area contributed by atoms with Crippen LogP contribution < -0.4 is 5.43 Å².